The lowest BCUT2D eigenvalue weighted by Crippen LogP contribution is -2.54. The number of carbonyl (C=O) groups is 6. The molecule has 7 amide bonds. The van der Waals surface area contributed by atoms with E-state index in [1.54, 1.807) is 22.7 Å². The second-order valence-corrected chi connectivity index (χ2v) is 31.6. The zero-order valence-corrected chi connectivity index (χ0v) is 59.9. The molecule has 6 N–H and O–H groups in total. The maximum atomic E-state index is 13.6. The summed E-state index contributed by atoms with van der Waals surface area (Å²) in [5.74, 6) is 7.91. The molecule has 2 saturated carbocycles. The lowest BCUT2D eigenvalue weighted by Gasteiger charge is -2.57. The number of H-pyrrole nitrogens is 1. The second kappa shape index (κ2) is 25.7. The first kappa shape index (κ1) is 65.7. The number of benzene rings is 4. The molecule has 7 aliphatic heterocycles. The van der Waals surface area contributed by atoms with Crippen LogP contribution in [0, 0.1) is 23.2 Å². The Hall–Kier alpha value is -11.0. The Kier molecular flexibility index (Phi) is 15.9. The van der Waals surface area contributed by atoms with Gasteiger partial charge >= 0.3 is 11.7 Å². The number of aromatic nitrogens is 7. The van der Waals surface area contributed by atoms with Crippen molar-refractivity contribution in [1.29, 1.82) is 0 Å². The fourth-order valence-electron chi connectivity index (χ4n) is 18.3. The number of pyridine rings is 2. The molecule has 13 heterocycles. The molecule has 0 radical (unpaired) electrons. The number of imide groups is 2. The first-order valence-electron chi connectivity index (χ1n) is 37.2. The van der Waals surface area contributed by atoms with E-state index in [2.05, 4.69) is 134 Å². The standard InChI is InChI=1S/C80H80N18O7S/c1-46-42-83-69-68-54-10-15-65(86-57(54)11-14-64(68)106-71(69)76(103)85-46)95-32-34-96(35-33-95)70(49-40-79(41-49)21-26-93(27-22-79)50-6-9-52-48(37-50)43-81-44-63(52)97-25-18-67(100)90-77(97)104)55-36-47(5-8-53(55)73-82-23-17-58(88-73)59-39-56-72(87-59)80(19-20-80)45-84-74(56)101)4-3-24-92-28-30-94(31-29-92)51-7-12-60-62(38-51)91(2)78(105)98(60)61-13-16-66(99)89-75(61)102/h5-12,14-15,17,23,36-39,43-44,46,49,61,70,83,87H,13,16,18-22,24-35,40-42,45H2,1-2H3,(H,84,101)(H,85,103)(H,89,99,102)(H,90,100,104)/t46-,61?,70?/m1/s1. The monoisotopic (exact) mass is 1440 g/mol. The van der Waals surface area contributed by atoms with E-state index in [0.29, 0.717) is 53.6 Å². The van der Waals surface area contributed by atoms with Crippen LogP contribution in [0.3, 0.4) is 0 Å². The van der Waals surface area contributed by atoms with Gasteiger partial charge in [-0.2, -0.15) is 0 Å². The molecule has 7 fully saturated rings. The number of rotatable bonds is 11. The number of hydrogen-bond acceptors (Lipinski definition) is 18. The van der Waals surface area contributed by atoms with Gasteiger partial charge in [-0.15, -0.1) is 11.3 Å². The van der Waals surface area contributed by atoms with Crippen molar-refractivity contribution >= 4 is 118 Å². The Balaban J connectivity index is 0.625. The predicted molar refractivity (Wildman–Crippen MR) is 408 cm³/mol. The first-order valence-corrected chi connectivity index (χ1v) is 38.0. The molecule has 0 bridgehead atoms. The minimum absolute atomic E-state index is 0.00146. The van der Waals surface area contributed by atoms with Crippen LogP contribution in [0.5, 0.6) is 0 Å². The van der Waals surface area contributed by atoms with Crippen LogP contribution < -0.4 is 51.9 Å². The second-order valence-electron chi connectivity index (χ2n) is 30.6. The highest BCUT2D eigenvalue weighted by atomic mass is 32.1. The topological polar surface area (TPSA) is 276 Å². The zero-order chi connectivity index (χ0) is 71.9. The van der Waals surface area contributed by atoms with Gasteiger partial charge in [0, 0.05) is 189 Å². The van der Waals surface area contributed by atoms with E-state index in [9.17, 15) is 33.6 Å². The van der Waals surface area contributed by atoms with E-state index in [1.165, 1.54) is 15.9 Å². The summed E-state index contributed by atoms with van der Waals surface area (Å²) >= 11 is 1.52. The van der Waals surface area contributed by atoms with Gasteiger partial charge in [-0.3, -0.25) is 63.4 Å². The number of urea groups is 1. The van der Waals surface area contributed by atoms with Crippen molar-refractivity contribution in [2.24, 2.45) is 18.4 Å². The Bertz CT molecular complexity index is 5500. The molecule has 26 heteroatoms. The number of imidazole rings is 1. The van der Waals surface area contributed by atoms with Crippen molar-refractivity contribution in [3.8, 4) is 34.6 Å². The third kappa shape index (κ3) is 11.5. The number of carbonyl (C=O) groups excluding carboxylic acids is 6. The van der Waals surface area contributed by atoms with Gasteiger partial charge in [0.2, 0.25) is 17.7 Å². The Labute approximate surface area is 614 Å². The van der Waals surface area contributed by atoms with Gasteiger partial charge in [0.05, 0.1) is 57.6 Å². The number of aromatic amines is 1. The number of piperidine rings is 2. The summed E-state index contributed by atoms with van der Waals surface area (Å²) in [5.41, 5.74) is 11.9. The third-order valence-electron chi connectivity index (χ3n) is 24.2. The van der Waals surface area contributed by atoms with Crippen LogP contribution in [0.1, 0.15) is 114 Å². The van der Waals surface area contributed by atoms with Crippen molar-refractivity contribution in [3.05, 3.63) is 147 Å². The van der Waals surface area contributed by atoms with Crippen molar-refractivity contribution in [1.82, 2.24) is 65.1 Å². The van der Waals surface area contributed by atoms with Gasteiger partial charge in [0.25, 0.3) is 11.8 Å². The summed E-state index contributed by atoms with van der Waals surface area (Å²) in [7, 11) is 1.73. The predicted octanol–water partition coefficient (Wildman–Crippen LogP) is 8.58. The lowest BCUT2D eigenvalue weighted by molar-refractivity contribution is -0.135. The summed E-state index contributed by atoms with van der Waals surface area (Å²) in [4.78, 5) is 129. The number of amides is 7. The molecule has 5 saturated heterocycles. The van der Waals surface area contributed by atoms with Crippen molar-refractivity contribution < 1.29 is 28.8 Å². The lowest BCUT2D eigenvalue weighted by atomic mass is 9.54. The molecule has 9 aliphatic rings. The number of nitrogens with one attached hydrogen (secondary N) is 6. The normalized spacial score (nSPS) is 21.5. The molecule has 2 spiro atoms. The molecular formula is C80H80N18O7S. The fourth-order valence-corrected chi connectivity index (χ4v) is 19.4. The minimum atomic E-state index is -0.750. The maximum absolute atomic E-state index is 13.6. The first-order chi connectivity index (χ1) is 51.6. The van der Waals surface area contributed by atoms with Gasteiger partial charge in [0.15, 0.2) is 5.82 Å². The number of aryl methyl sites for hydroxylation is 1. The van der Waals surface area contributed by atoms with Crippen LogP contribution in [0.15, 0.2) is 114 Å². The summed E-state index contributed by atoms with van der Waals surface area (Å²) in [6.45, 7) is 12.1. The Morgan fingerprint density at radius 2 is 1.48 bits per heavy atom. The highest BCUT2D eigenvalue weighted by Crippen LogP contribution is 2.59. The van der Waals surface area contributed by atoms with Crippen molar-refractivity contribution in [2.45, 2.75) is 88.3 Å². The molecule has 538 valence electrons. The van der Waals surface area contributed by atoms with Crippen LogP contribution in [0.2, 0.25) is 0 Å². The summed E-state index contributed by atoms with van der Waals surface area (Å²) < 4.78 is 4.16. The number of anilines is 5. The molecule has 2 unspecified atom stereocenters. The van der Waals surface area contributed by atoms with Crippen LogP contribution in [-0.2, 0) is 26.8 Å². The summed E-state index contributed by atoms with van der Waals surface area (Å²) in [5, 5.41) is 18.6. The van der Waals surface area contributed by atoms with E-state index in [0.717, 1.165) is 198 Å². The third-order valence-corrected chi connectivity index (χ3v) is 25.4. The van der Waals surface area contributed by atoms with Gasteiger partial charge in [-0.05, 0) is 154 Å². The largest absolute Gasteiger partial charge is 0.381 e. The van der Waals surface area contributed by atoms with Gasteiger partial charge < -0.3 is 35.6 Å². The Morgan fingerprint density at radius 1 is 0.698 bits per heavy atom. The minimum Gasteiger partial charge on any atom is -0.381 e. The van der Waals surface area contributed by atoms with E-state index in [4.69, 9.17) is 15.0 Å². The Morgan fingerprint density at radius 3 is 2.29 bits per heavy atom. The average molecular weight is 1440 g/mol. The van der Waals surface area contributed by atoms with Crippen LogP contribution in [-0.4, -0.2) is 177 Å². The summed E-state index contributed by atoms with van der Waals surface area (Å²) in [6, 6.07) is 30.2. The van der Waals surface area contributed by atoms with E-state index in [1.807, 2.05) is 49.6 Å². The van der Waals surface area contributed by atoms with Crippen molar-refractivity contribution in [3.63, 3.8) is 0 Å². The zero-order valence-electron chi connectivity index (χ0n) is 59.1. The molecular weight excluding hydrogens is 1360 g/mol. The molecule has 25 nitrogen and oxygen atoms in total. The highest BCUT2D eigenvalue weighted by Gasteiger charge is 2.52. The van der Waals surface area contributed by atoms with Gasteiger partial charge in [0.1, 0.15) is 16.7 Å². The molecule has 3 atom stereocenters. The molecule has 2 aliphatic carbocycles. The quantitative estimate of drug-likeness (QED) is 0.0522. The molecule has 19 rings (SSSR count). The summed E-state index contributed by atoms with van der Waals surface area (Å²) in [6.07, 6.45) is 12.3. The van der Waals surface area contributed by atoms with Crippen LogP contribution >= 0.6 is 11.3 Å². The number of piperazine rings is 2. The molecule has 106 heavy (non-hydrogen) atoms. The smallest absolute Gasteiger partial charge is 0.329 e. The number of thiophene rings is 1. The van der Waals surface area contributed by atoms with Crippen LogP contribution in [0.4, 0.5) is 33.4 Å². The SMILES string of the molecule is C[C@@H]1CNc2c(sc3ccc4nc(N5CCN(C(c6cc(C#CCN7CCN(c8ccc9c(c8)n(C)c(=O)n9C8CCC(=O)NC8=O)CC7)ccc6-c6nccc(-c7cc8c([nH]7)C7(CC7)CNC8=O)n6)C6CC7(CCN(c8ccc9c(N%10CCC(=O)NC%10=O)cncc9c8)CC7)C6)CC5)ccc4c23)C(=O)N1. The average Bonchev–Trinajstić information content (AvgIpc) is 1.44. The maximum Gasteiger partial charge on any atom is 0.329 e. The molecule has 10 aromatic rings. The number of hydrogen-bond donors (Lipinski definition) is 6. The van der Waals surface area contributed by atoms with E-state index in [-0.39, 0.29) is 77.4 Å². The van der Waals surface area contributed by atoms with E-state index < -0.39 is 18.0 Å². The number of fused-ring (bicyclic) bond motifs is 9. The fraction of sp³-hybridized carbons (Fsp3) is 0.388. The van der Waals surface area contributed by atoms with Crippen molar-refractivity contribution in [2.75, 3.05) is 117 Å². The van der Waals surface area contributed by atoms with Gasteiger partial charge in [-0.1, -0.05) is 17.9 Å². The van der Waals surface area contributed by atoms with Crippen LogP contribution in [0.25, 0.3) is 65.6 Å². The highest BCUT2D eigenvalue weighted by molar-refractivity contribution is 7.21. The number of nitrogens with zero attached hydrogens (tertiary/aromatic N) is 12. The molecule has 4 aromatic carbocycles. The van der Waals surface area contributed by atoms with E-state index >= 15 is 0 Å². The van der Waals surface area contributed by atoms with Gasteiger partial charge in [-0.25, -0.2) is 24.5 Å². The molecule has 6 aromatic heterocycles.